The molecule has 0 bridgehead atoms. The van der Waals surface area contributed by atoms with Gasteiger partial charge in [-0.15, -0.1) is 5.10 Å². The molecule has 0 spiro atoms. The topological polar surface area (TPSA) is 93.0 Å². The third-order valence-corrected chi connectivity index (χ3v) is 6.10. The Morgan fingerprint density at radius 3 is 2.68 bits per heavy atom. The normalized spacial score (nSPS) is 16.1. The van der Waals surface area contributed by atoms with Gasteiger partial charge in [0.1, 0.15) is 0 Å². The lowest BCUT2D eigenvalue weighted by molar-refractivity contribution is -0.117. The molecule has 160 valence electrons. The molecule has 1 N–H and O–H groups in total. The van der Waals surface area contributed by atoms with E-state index in [2.05, 4.69) is 46.8 Å². The van der Waals surface area contributed by atoms with E-state index in [9.17, 15) is 9.59 Å². The van der Waals surface area contributed by atoms with Crippen LogP contribution < -0.4 is 10.2 Å². The van der Waals surface area contributed by atoms with Crippen molar-refractivity contribution in [2.45, 2.75) is 44.3 Å². The zero-order valence-corrected chi connectivity index (χ0v) is 18.5. The quantitative estimate of drug-likeness (QED) is 0.614. The molecule has 2 amide bonds. The predicted molar refractivity (Wildman–Crippen MR) is 121 cm³/mol. The van der Waals surface area contributed by atoms with E-state index in [1.807, 2.05) is 37.3 Å². The van der Waals surface area contributed by atoms with E-state index < -0.39 is 0 Å². The Labute approximate surface area is 185 Å². The molecule has 1 aliphatic heterocycles. The van der Waals surface area contributed by atoms with Gasteiger partial charge in [0.25, 0.3) is 0 Å². The molecule has 1 atom stereocenters. The Kier molecular flexibility index (Phi) is 6.03. The van der Waals surface area contributed by atoms with Gasteiger partial charge in [-0.25, -0.2) is 0 Å². The lowest BCUT2D eigenvalue weighted by Gasteiger charge is -2.27. The van der Waals surface area contributed by atoms with Gasteiger partial charge >= 0.3 is 0 Å². The molecule has 9 heteroatoms. The van der Waals surface area contributed by atoms with Crippen LogP contribution in [-0.2, 0) is 9.59 Å². The van der Waals surface area contributed by atoms with Gasteiger partial charge in [-0.2, -0.15) is 4.68 Å². The first-order valence-electron chi connectivity index (χ1n) is 10.2. The third-order valence-electron chi connectivity index (χ3n) is 5.20. The molecule has 8 nitrogen and oxygen atoms in total. The number of rotatable bonds is 5. The number of aromatic nitrogens is 4. The summed E-state index contributed by atoms with van der Waals surface area (Å²) in [5.41, 5.74) is 3.42. The lowest BCUT2D eigenvalue weighted by atomic mass is 10.0. The SMILES string of the molecule is CC(C)c1ccc(-n2nnnc2SCC(=O)N2c3ccccc3NC(=O)CC2C)cc1. The molecule has 2 heterocycles. The van der Waals surface area contributed by atoms with Gasteiger partial charge in [-0.1, -0.05) is 49.9 Å². The maximum Gasteiger partial charge on any atom is 0.237 e. The van der Waals surface area contributed by atoms with Gasteiger partial charge in [0, 0.05) is 12.5 Å². The van der Waals surface area contributed by atoms with E-state index in [-0.39, 0.29) is 30.0 Å². The van der Waals surface area contributed by atoms with Crippen LogP contribution in [0.3, 0.4) is 0 Å². The first-order chi connectivity index (χ1) is 14.9. The maximum atomic E-state index is 13.2. The standard InChI is InChI=1S/C22H24N6O2S/c1-14(2)16-8-10-17(11-9-16)28-22(24-25-26-28)31-13-21(30)27-15(3)12-20(29)23-18-6-4-5-7-19(18)27/h4-11,14-15H,12-13H2,1-3H3,(H,23,29). The predicted octanol–water partition coefficient (Wildman–Crippen LogP) is 3.64. The number of tetrazole rings is 1. The van der Waals surface area contributed by atoms with E-state index >= 15 is 0 Å². The molecule has 3 aromatic rings. The fourth-order valence-electron chi connectivity index (χ4n) is 3.60. The average molecular weight is 437 g/mol. The molecule has 2 aromatic carbocycles. The van der Waals surface area contributed by atoms with Gasteiger partial charge < -0.3 is 10.2 Å². The second-order valence-electron chi connectivity index (χ2n) is 7.79. The second-order valence-corrected chi connectivity index (χ2v) is 8.73. The molecule has 0 saturated heterocycles. The molecular formula is C22H24N6O2S. The molecule has 4 rings (SSSR count). The third kappa shape index (κ3) is 4.46. The second kappa shape index (κ2) is 8.89. The largest absolute Gasteiger partial charge is 0.324 e. The summed E-state index contributed by atoms with van der Waals surface area (Å²) >= 11 is 1.28. The fraction of sp³-hybridized carbons (Fsp3) is 0.318. The first-order valence-corrected chi connectivity index (χ1v) is 11.1. The van der Waals surface area contributed by atoms with Crippen molar-refractivity contribution >= 4 is 35.0 Å². The highest BCUT2D eigenvalue weighted by Crippen LogP contribution is 2.32. The van der Waals surface area contributed by atoms with E-state index in [1.54, 1.807) is 15.6 Å². The van der Waals surface area contributed by atoms with Gasteiger partial charge in [0.05, 0.1) is 22.8 Å². The van der Waals surface area contributed by atoms with Crippen molar-refractivity contribution in [2.24, 2.45) is 0 Å². The van der Waals surface area contributed by atoms with Crippen molar-refractivity contribution < 1.29 is 9.59 Å². The summed E-state index contributed by atoms with van der Waals surface area (Å²) in [6, 6.07) is 15.2. The maximum absolute atomic E-state index is 13.2. The first kappa shape index (κ1) is 21.0. The number of thioether (sulfide) groups is 1. The summed E-state index contributed by atoms with van der Waals surface area (Å²) in [5.74, 6) is 0.384. The summed E-state index contributed by atoms with van der Waals surface area (Å²) in [5, 5.41) is 15.4. The van der Waals surface area contributed by atoms with Crippen molar-refractivity contribution in [1.29, 1.82) is 0 Å². The van der Waals surface area contributed by atoms with Gasteiger partial charge in [0.2, 0.25) is 17.0 Å². The minimum absolute atomic E-state index is 0.100. The molecular weight excluding hydrogens is 412 g/mol. The van der Waals surface area contributed by atoms with Gasteiger partial charge in [0.15, 0.2) is 0 Å². The van der Waals surface area contributed by atoms with Crippen LogP contribution in [0.1, 0.15) is 38.7 Å². The Bertz CT molecular complexity index is 1100. The summed E-state index contributed by atoms with van der Waals surface area (Å²) in [6.45, 7) is 6.17. The number of nitrogens with zero attached hydrogens (tertiary/aromatic N) is 5. The van der Waals surface area contributed by atoms with Crippen LogP contribution in [-0.4, -0.2) is 43.8 Å². The van der Waals surface area contributed by atoms with Crippen LogP contribution in [0.4, 0.5) is 11.4 Å². The van der Waals surface area contributed by atoms with Crippen LogP contribution in [0, 0.1) is 0 Å². The van der Waals surface area contributed by atoms with E-state index in [1.165, 1.54) is 17.3 Å². The zero-order valence-electron chi connectivity index (χ0n) is 17.6. The summed E-state index contributed by atoms with van der Waals surface area (Å²) in [7, 11) is 0. The monoisotopic (exact) mass is 436 g/mol. The van der Waals surface area contributed by atoms with Crippen molar-refractivity contribution in [3.05, 3.63) is 54.1 Å². The van der Waals surface area contributed by atoms with Crippen molar-refractivity contribution in [2.75, 3.05) is 16.0 Å². The number of hydrogen-bond acceptors (Lipinski definition) is 6. The Morgan fingerprint density at radius 2 is 1.94 bits per heavy atom. The molecule has 0 saturated carbocycles. The van der Waals surface area contributed by atoms with Crippen molar-refractivity contribution in [1.82, 2.24) is 20.2 Å². The molecule has 0 aliphatic carbocycles. The minimum Gasteiger partial charge on any atom is -0.324 e. The Balaban J connectivity index is 1.52. The summed E-state index contributed by atoms with van der Waals surface area (Å²) < 4.78 is 1.63. The van der Waals surface area contributed by atoms with Crippen molar-refractivity contribution in [3.8, 4) is 5.69 Å². The highest BCUT2D eigenvalue weighted by molar-refractivity contribution is 7.99. The number of fused-ring (bicyclic) bond motifs is 1. The Morgan fingerprint density at radius 1 is 1.19 bits per heavy atom. The van der Waals surface area contributed by atoms with E-state index in [4.69, 9.17) is 0 Å². The number of benzene rings is 2. The number of carbonyl (C=O) groups excluding carboxylic acids is 2. The number of amides is 2. The molecule has 0 fully saturated rings. The number of anilines is 2. The summed E-state index contributed by atoms with van der Waals surface area (Å²) in [6.07, 6.45) is 0.241. The number of carbonyl (C=O) groups is 2. The highest BCUT2D eigenvalue weighted by atomic mass is 32.2. The molecule has 1 unspecified atom stereocenters. The number of para-hydroxylation sites is 2. The molecule has 1 aromatic heterocycles. The number of nitrogens with one attached hydrogen (secondary N) is 1. The van der Waals surface area contributed by atoms with E-state index in [0.29, 0.717) is 22.4 Å². The van der Waals surface area contributed by atoms with Crippen molar-refractivity contribution in [3.63, 3.8) is 0 Å². The molecule has 1 aliphatic rings. The van der Waals surface area contributed by atoms with Crippen LogP contribution in [0.2, 0.25) is 0 Å². The summed E-state index contributed by atoms with van der Waals surface area (Å²) in [4.78, 5) is 27.0. The molecule has 0 radical (unpaired) electrons. The molecule has 31 heavy (non-hydrogen) atoms. The smallest absolute Gasteiger partial charge is 0.237 e. The lowest BCUT2D eigenvalue weighted by Crippen LogP contribution is -2.40. The minimum atomic E-state index is -0.253. The Hall–Kier alpha value is -3.20. The zero-order chi connectivity index (χ0) is 22.0. The van der Waals surface area contributed by atoms with Crippen LogP contribution >= 0.6 is 11.8 Å². The fourth-order valence-corrected chi connectivity index (χ4v) is 4.35. The van der Waals surface area contributed by atoms with Crippen LogP contribution in [0.25, 0.3) is 5.69 Å². The van der Waals surface area contributed by atoms with Crippen LogP contribution in [0.15, 0.2) is 53.7 Å². The highest BCUT2D eigenvalue weighted by Gasteiger charge is 2.29. The van der Waals surface area contributed by atoms with Gasteiger partial charge in [-0.3, -0.25) is 9.59 Å². The van der Waals surface area contributed by atoms with Crippen LogP contribution in [0.5, 0.6) is 0 Å². The average Bonchev–Trinajstić information content (AvgIpc) is 3.17. The van der Waals surface area contributed by atoms with E-state index in [0.717, 1.165) is 5.69 Å². The van der Waals surface area contributed by atoms with Gasteiger partial charge in [-0.05, 0) is 53.1 Å². The number of hydrogen-bond donors (Lipinski definition) is 1.